The molecule has 0 aliphatic heterocycles. The van der Waals surface area contributed by atoms with Crippen LogP contribution in [0.1, 0.15) is 6.92 Å². The lowest BCUT2D eigenvalue weighted by Crippen LogP contribution is -2.21. The highest BCUT2D eigenvalue weighted by Gasteiger charge is 2.20. The summed E-state index contributed by atoms with van der Waals surface area (Å²) in [6, 6.07) is 0. The fourth-order valence-electron chi connectivity index (χ4n) is 0.574. The van der Waals surface area contributed by atoms with Crippen molar-refractivity contribution in [2.24, 2.45) is 10.7 Å². The quantitative estimate of drug-likeness (QED) is 0.284. The third-order valence-electron chi connectivity index (χ3n) is 0.991. The van der Waals surface area contributed by atoms with Gasteiger partial charge in [0.25, 0.3) is 0 Å². The van der Waals surface area contributed by atoms with Crippen LogP contribution in [0.2, 0.25) is 19.4 Å². The summed E-state index contributed by atoms with van der Waals surface area (Å²) in [5, 5.41) is 0. The number of nitrogens with zero attached hydrogens (tertiary/aromatic N) is 1. The van der Waals surface area contributed by atoms with Gasteiger partial charge in [-0.25, -0.2) is 4.99 Å². The maximum Gasteiger partial charge on any atom is 0.312 e. The Morgan fingerprint density at radius 1 is 1.69 bits per heavy atom. The zero-order chi connectivity index (χ0) is 10.5. The molecule has 0 saturated heterocycles. The van der Waals surface area contributed by atoms with Crippen molar-refractivity contribution in [2.45, 2.75) is 26.3 Å². The Labute approximate surface area is 94.6 Å². The first-order valence-electron chi connectivity index (χ1n) is 3.93. The van der Waals surface area contributed by atoms with Gasteiger partial charge >= 0.3 is 5.81 Å². The van der Waals surface area contributed by atoms with Crippen molar-refractivity contribution in [1.29, 1.82) is 0 Å². The molecule has 72 valence electrons. The Kier molecular flexibility index (Phi) is 5.70. The second kappa shape index (κ2) is 5.69. The topological polar surface area (TPSA) is 47.6 Å². The molecule has 0 fully saturated rings. The highest BCUT2D eigenvalue weighted by Crippen LogP contribution is 2.19. The van der Waals surface area contributed by atoms with E-state index in [1.807, 2.05) is 0 Å². The van der Waals surface area contributed by atoms with Gasteiger partial charge in [0, 0.05) is 0 Å². The first-order valence-corrected chi connectivity index (χ1v) is 9.96. The summed E-state index contributed by atoms with van der Waals surface area (Å²) in [7, 11) is 5.28. The Morgan fingerprint density at radius 2 is 2.23 bits per heavy atom. The SMILES string of the molecule is [B]CC=N/C(O[Si](C)(C)I)=C(\C)N. The van der Waals surface area contributed by atoms with Gasteiger partial charge in [0.1, 0.15) is 0 Å². The van der Waals surface area contributed by atoms with E-state index in [2.05, 4.69) is 39.9 Å². The predicted octanol–water partition coefficient (Wildman–Crippen LogP) is 1.95. The molecule has 0 unspecified atom stereocenters. The van der Waals surface area contributed by atoms with Gasteiger partial charge in [-0.15, -0.1) is 0 Å². The fraction of sp³-hybridized carbons (Fsp3) is 0.571. The Balaban J connectivity index is 4.48. The number of halogens is 1. The first kappa shape index (κ1) is 13.0. The van der Waals surface area contributed by atoms with Crippen molar-refractivity contribution in [1.82, 2.24) is 0 Å². The van der Waals surface area contributed by atoms with E-state index in [-0.39, 0.29) is 0 Å². The molecule has 0 atom stereocenters. The third-order valence-corrected chi connectivity index (χ3v) is 2.33. The molecule has 2 N–H and O–H groups in total. The first-order chi connectivity index (χ1) is 5.87. The van der Waals surface area contributed by atoms with Crippen LogP contribution < -0.4 is 5.73 Å². The molecule has 0 aliphatic rings. The Morgan fingerprint density at radius 3 is 2.54 bits per heavy atom. The summed E-state index contributed by atoms with van der Waals surface area (Å²) < 4.78 is 5.63. The van der Waals surface area contributed by atoms with Gasteiger partial charge < -0.3 is 10.2 Å². The van der Waals surface area contributed by atoms with Crippen molar-refractivity contribution in [3.8, 4) is 0 Å². The van der Waals surface area contributed by atoms with E-state index in [0.29, 0.717) is 17.9 Å². The van der Waals surface area contributed by atoms with E-state index in [4.69, 9.17) is 18.0 Å². The summed E-state index contributed by atoms with van der Waals surface area (Å²) >= 11 is 2.30. The Hall–Kier alpha value is 0.0218. The van der Waals surface area contributed by atoms with Crippen LogP contribution in [0.5, 0.6) is 0 Å². The fourth-order valence-corrected chi connectivity index (χ4v) is 1.87. The number of aliphatic imine (C=N–C) groups is 1. The van der Waals surface area contributed by atoms with Crippen LogP contribution in [0, 0.1) is 0 Å². The van der Waals surface area contributed by atoms with Gasteiger partial charge in [0.05, 0.1) is 13.5 Å². The molecule has 0 saturated carbocycles. The molecule has 0 spiro atoms. The average molecular weight is 308 g/mol. The van der Waals surface area contributed by atoms with Crippen LogP contribution in [-0.2, 0) is 4.43 Å². The summed E-state index contributed by atoms with van der Waals surface area (Å²) in [6.45, 7) is 5.89. The molecule has 0 rings (SSSR count). The van der Waals surface area contributed by atoms with Crippen LogP contribution in [0.3, 0.4) is 0 Å². The minimum Gasteiger partial charge on any atom is -0.520 e. The summed E-state index contributed by atoms with van der Waals surface area (Å²) in [5.74, 6) is -1.16. The molecule has 0 amide bonds. The lowest BCUT2D eigenvalue weighted by molar-refractivity contribution is 0.425. The van der Waals surface area contributed by atoms with Crippen LogP contribution >= 0.6 is 21.8 Å². The van der Waals surface area contributed by atoms with Crippen LogP contribution in [-0.4, -0.2) is 19.9 Å². The number of nitrogens with two attached hydrogens (primary N) is 1. The van der Waals surface area contributed by atoms with E-state index in [1.54, 1.807) is 13.1 Å². The molecule has 13 heavy (non-hydrogen) atoms. The van der Waals surface area contributed by atoms with E-state index in [0.717, 1.165) is 0 Å². The minimum atomic E-state index is -1.66. The molecule has 0 aromatic heterocycles. The molecule has 3 nitrogen and oxygen atoms in total. The molecular weight excluding hydrogens is 294 g/mol. The summed E-state index contributed by atoms with van der Waals surface area (Å²) in [4.78, 5) is 4.04. The monoisotopic (exact) mass is 308 g/mol. The molecule has 0 aromatic carbocycles. The van der Waals surface area contributed by atoms with Crippen molar-refractivity contribution in [3.05, 3.63) is 11.6 Å². The second-order valence-electron chi connectivity index (χ2n) is 3.00. The zero-order valence-corrected chi connectivity index (χ0v) is 11.3. The van der Waals surface area contributed by atoms with Gasteiger partial charge in [-0.05, 0) is 26.2 Å². The normalized spacial score (nSPS) is 14.5. The van der Waals surface area contributed by atoms with Crippen molar-refractivity contribution in [3.63, 3.8) is 0 Å². The average Bonchev–Trinajstić information content (AvgIpc) is 1.95. The van der Waals surface area contributed by atoms with E-state index >= 15 is 0 Å². The highest BCUT2D eigenvalue weighted by molar-refractivity contribution is 14.1. The lowest BCUT2D eigenvalue weighted by atomic mass is 10.1. The molecule has 0 heterocycles. The smallest absolute Gasteiger partial charge is 0.312 e. The largest absolute Gasteiger partial charge is 0.520 e. The molecule has 0 aromatic rings. The highest BCUT2D eigenvalue weighted by atomic mass is 127. The van der Waals surface area contributed by atoms with E-state index < -0.39 is 5.81 Å². The van der Waals surface area contributed by atoms with Crippen LogP contribution in [0.25, 0.3) is 0 Å². The van der Waals surface area contributed by atoms with Gasteiger partial charge in [-0.1, -0.05) is 28.1 Å². The molecule has 0 aliphatic carbocycles. The molecule has 6 heteroatoms. The number of hydrogen-bond acceptors (Lipinski definition) is 3. The zero-order valence-electron chi connectivity index (χ0n) is 8.17. The summed E-state index contributed by atoms with van der Waals surface area (Å²) in [6.07, 6.45) is 1.98. The van der Waals surface area contributed by atoms with E-state index in [9.17, 15) is 0 Å². The predicted molar refractivity (Wildman–Crippen MR) is 68.5 cm³/mol. The summed E-state index contributed by atoms with van der Waals surface area (Å²) in [5.41, 5.74) is 6.19. The van der Waals surface area contributed by atoms with Crippen molar-refractivity contribution in [2.75, 3.05) is 0 Å². The van der Waals surface area contributed by atoms with Gasteiger partial charge in [0.2, 0.25) is 5.88 Å². The van der Waals surface area contributed by atoms with Crippen LogP contribution in [0.4, 0.5) is 0 Å². The number of allylic oxidation sites excluding steroid dienone is 1. The molecule has 2 radical (unpaired) electrons. The molecule has 0 bridgehead atoms. The maximum absolute atomic E-state index is 5.63. The van der Waals surface area contributed by atoms with Crippen molar-refractivity contribution >= 4 is 41.7 Å². The van der Waals surface area contributed by atoms with Gasteiger partial charge in [-0.2, -0.15) is 0 Å². The maximum atomic E-state index is 5.63. The van der Waals surface area contributed by atoms with E-state index in [1.165, 1.54) is 0 Å². The lowest BCUT2D eigenvalue weighted by Gasteiger charge is -2.17. The number of hydrogen-bond donors (Lipinski definition) is 1. The standard InChI is InChI=1S/C7H14BIN2OSi/c1-6(10)7(11-5-4-8)12-13(2,3)9/h5H,4,10H2,1-3H3/b7-6-,11-5?. The Bertz CT molecular complexity index is 221. The number of rotatable bonds is 4. The van der Waals surface area contributed by atoms with Gasteiger partial charge in [0.15, 0.2) is 0 Å². The molecular formula is C7H14BIN2OSi. The minimum absolute atomic E-state index is 0.392. The van der Waals surface area contributed by atoms with Crippen LogP contribution in [0.15, 0.2) is 16.6 Å². The van der Waals surface area contributed by atoms with Gasteiger partial charge in [-0.3, -0.25) is 0 Å². The second-order valence-corrected chi connectivity index (χ2v) is 13.7. The third kappa shape index (κ3) is 7.12. The van der Waals surface area contributed by atoms with Crippen molar-refractivity contribution < 1.29 is 4.43 Å².